The first-order valence-electron chi connectivity index (χ1n) is 34.6. The Bertz CT molecular complexity index is 1660. The molecule has 0 saturated carbocycles. The smallest absolute Gasteiger partial charge is 0.220 e. The molecule has 19 nitrogen and oxygen atoms in total. The van der Waals surface area contributed by atoms with Crippen LogP contribution in [-0.4, -0.2) is 193 Å². The average Bonchev–Trinajstić information content (AvgIpc) is 3.70. The summed E-state index contributed by atoms with van der Waals surface area (Å²) in [5, 5.41) is 121. The number of nitrogens with one attached hydrogen (secondary N) is 1. The molecule has 86 heavy (non-hydrogen) atoms. The minimum Gasteiger partial charge on any atom is -0.394 e. The molecular formula is C67H125NO18. The fourth-order valence-corrected chi connectivity index (χ4v) is 11.9. The third-order valence-electron chi connectivity index (χ3n) is 17.5. The van der Waals surface area contributed by atoms with Crippen molar-refractivity contribution in [3.05, 3.63) is 24.3 Å². The SMILES string of the molecule is CCCCCCC/C=C\C/C=C\CCCCCCCCCCCCCCCC(=O)NC(COC1OC(CO)C(OC2OC(CO)C(OC3OC(CO)C(O)C(O)C3O)C(O)C2O)C(O)C1O)C(O)CCCCCCCCCCCCCCCCCC. The van der Waals surface area contributed by atoms with Crippen molar-refractivity contribution in [2.24, 2.45) is 0 Å². The summed E-state index contributed by atoms with van der Waals surface area (Å²) >= 11 is 0. The van der Waals surface area contributed by atoms with Crippen LogP contribution < -0.4 is 5.32 Å². The van der Waals surface area contributed by atoms with Crippen LogP contribution in [0.4, 0.5) is 0 Å². The van der Waals surface area contributed by atoms with Crippen LogP contribution >= 0.6 is 0 Å². The number of aliphatic hydroxyl groups is 11. The molecule has 17 atom stereocenters. The van der Waals surface area contributed by atoms with E-state index in [1.807, 2.05) is 0 Å². The summed E-state index contributed by atoms with van der Waals surface area (Å²) in [4.78, 5) is 13.4. The maximum atomic E-state index is 13.4. The predicted molar refractivity (Wildman–Crippen MR) is 333 cm³/mol. The van der Waals surface area contributed by atoms with Gasteiger partial charge in [0.25, 0.3) is 0 Å². The van der Waals surface area contributed by atoms with Crippen molar-refractivity contribution >= 4 is 5.91 Å². The molecule has 12 N–H and O–H groups in total. The second kappa shape index (κ2) is 49.9. The van der Waals surface area contributed by atoms with E-state index in [2.05, 4.69) is 43.5 Å². The van der Waals surface area contributed by atoms with E-state index in [1.54, 1.807) is 0 Å². The fraction of sp³-hybridized carbons (Fsp3) is 0.925. The van der Waals surface area contributed by atoms with Gasteiger partial charge in [-0.25, -0.2) is 0 Å². The van der Waals surface area contributed by atoms with Gasteiger partial charge in [0.05, 0.1) is 38.6 Å². The molecule has 19 heteroatoms. The maximum Gasteiger partial charge on any atom is 0.220 e. The van der Waals surface area contributed by atoms with Crippen LogP contribution in [0.25, 0.3) is 0 Å². The quantitative estimate of drug-likeness (QED) is 0.0200. The van der Waals surface area contributed by atoms with Gasteiger partial charge in [-0.15, -0.1) is 0 Å². The summed E-state index contributed by atoms with van der Waals surface area (Å²) in [6.07, 6.45) is 28.2. The number of carbonyl (C=O) groups excluding carboxylic acids is 1. The van der Waals surface area contributed by atoms with Crippen molar-refractivity contribution in [3.63, 3.8) is 0 Å². The van der Waals surface area contributed by atoms with Gasteiger partial charge in [-0.05, 0) is 44.9 Å². The lowest BCUT2D eigenvalue weighted by Gasteiger charge is -2.48. The summed E-state index contributed by atoms with van der Waals surface area (Å²) in [7, 11) is 0. The van der Waals surface area contributed by atoms with Crippen molar-refractivity contribution in [2.45, 2.75) is 369 Å². The minimum absolute atomic E-state index is 0.241. The van der Waals surface area contributed by atoms with Gasteiger partial charge in [0.15, 0.2) is 18.9 Å². The number of allylic oxidation sites excluding steroid dienone is 4. The Hall–Kier alpha value is -1.73. The van der Waals surface area contributed by atoms with E-state index in [0.717, 1.165) is 51.4 Å². The first-order chi connectivity index (χ1) is 41.8. The summed E-state index contributed by atoms with van der Waals surface area (Å²) in [6, 6.07) is -0.886. The Balaban J connectivity index is 1.42. The molecule has 3 aliphatic rings. The van der Waals surface area contributed by atoms with Crippen molar-refractivity contribution in [1.29, 1.82) is 0 Å². The molecule has 17 unspecified atom stereocenters. The lowest BCUT2D eigenvalue weighted by molar-refractivity contribution is -0.379. The van der Waals surface area contributed by atoms with E-state index in [1.165, 1.54) is 180 Å². The van der Waals surface area contributed by atoms with Crippen LogP contribution in [0.2, 0.25) is 0 Å². The Morgan fingerprint density at radius 2 is 0.767 bits per heavy atom. The zero-order chi connectivity index (χ0) is 62.6. The predicted octanol–water partition coefficient (Wildman–Crippen LogP) is 8.66. The number of carbonyl (C=O) groups is 1. The van der Waals surface area contributed by atoms with Gasteiger partial charge in [-0.1, -0.05) is 237 Å². The Kier molecular flexibility index (Phi) is 45.6. The third-order valence-corrected chi connectivity index (χ3v) is 17.5. The summed E-state index contributed by atoms with van der Waals surface area (Å²) in [5.41, 5.74) is 0. The van der Waals surface area contributed by atoms with Crippen LogP contribution in [0.5, 0.6) is 0 Å². The zero-order valence-electron chi connectivity index (χ0n) is 53.3. The maximum absolute atomic E-state index is 13.4. The molecule has 3 fully saturated rings. The van der Waals surface area contributed by atoms with Gasteiger partial charge in [-0.2, -0.15) is 0 Å². The molecule has 0 radical (unpaired) electrons. The third kappa shape index (κ3) is 32.0. The van der Waals surface area contributed by atoms with Crippen molar-refractivity contribution in [3.8, 4) is 0 Å². The molecule has 1 amide bonds. The highest BCUT2D eigenvalue weighted by molar-refractivity contribution is 5.76. The van der Waals surface area contributed by atoms with E-state index in [4.69, 9.17) is 28.4 Å². The molecule has 506 valence electrons. The number of amides is 1. The van der Waals surface area contributed by atoms with Crippen molar-refractivity contribution in [1.82, 2.24) is 5.32 Å². The van der Waals surface area contributed by atoms with E-state index >= 15 is 0 Å². The van der Waals surface area contributed by atoms with Crippen LogP contribution in [0.15, 0.2) is 24.3 Å². The van der Waals surface area contributed by atoms with Gasteiger partial charge in [0.1, 0.15) is 73.2 Å². The molecule has 3 aliphatic heterocycles. The van der Waals surface area contributed by atoms with E-state index in [0.29, 0.717) is 12.8 Å². The van der Waals surface area contributed by atoms with E-state index in [9.17, 15) is 61.0 Å². The average molecular weight is 1230 g/mol. The van der Waals surface area contributed by atoms with Crippen molar-refractivity contribution < 1.29 is 89.4 Å². The number of aliphatic hydroxyl groups excluding tert-OH is 11. The minimum atomic E-state index is -1.97. The van der Waals surface area contributed by atoms with E-state index < -0.39 is 124 Å². The Morgan fingerprint density at radius 3 is 1.19 bits per heavy atom. The summed E-state index contributed by atoms with van der Waals surface area (Å²) < 4.78 is 34.4. The van der Waals surface area contributed by atoms with Crippen LogP contribution in [0, 0.1) is 0 Å². The Morgan fingerprint density at radius 1 is 0.419 bits per heavy atom. The lowest BCUT2D eigenvalue weighted by atomic mass is 9.96. The van der Waals surface area contributed by atoms with Gasteiger partial charge in [0, 0.05) is 6.42 Å². The number of hydrogen-bond acceptors (Lipinski definition) is 18. The number of unbranched alkanes of at least 4 members (excludes halogenated alkanes) is 33. The zero-order valence-corrected chi connectivity index (χ0v) is 53.3. The molecule has 0 aromatic heterocycles. The molecule has 0 spiro atoms. The second-order valence-electron chi connectivity index (χ2n) is 25.0. The topological polar surface area (TPSA) is 307 Å². The molecule has 0 aromatic carbocycles. The lowest BCUT2D eigenvalue weighted by Crippen LogP contribution is -2.66. The molecule has 0 bridgehead atoms. The number of ether oxygens (including phenoxy) is 6. The first kappa shape index (κ1) is 78.5. The highest BCUT2D eigenvalue weighted by Gasteiger charge is 2.53. The molecule has 3 heterocycles. The largest absolute Gasteiger partial charge is 0.394 e. The van der Waals surface area contributed by atoms with Crippen LogP contribution in [0.1, 0.15) is 264 Å². The molecule has 0 aliphatic carbocycles. The van der Waals surface area contributed by atoms with Gasteiger partial charge < -0.3 is 89.9 Å². The summed E-state index contributed by atoms with van der Waals surface area (Å²) in [5.74, 6) is -0.241. The van der Waals surface area contributed by atoms with Gasteiger partial charge in [-0.3, -0.25) is 4.79 Å². The van der Waals surface area contributed by atoms with Crippen molar-refractivity contribution in [2.75, 3.05) is 26.4 Å². The fourth-order valence-electron chi connectivity index (χ4n) is 11.9. The highest BCUT2D eigenvalue weighted by atomic mass is 16.8. The Labute approximate surface area is 518 Å². The normalized spacial score (nSPS) is 28.9. The molecule has 0 aromatic rings. The van der Waals surface area contributed by atoms with Crippen LogP contribution in [-0.2, 0) is 33.2 Å². The highest BCUT2D eigenvalue weighted by Crippen LogP contribution is 2.33. The second-order valence-corrected chi connectivity index (χ2v) is 25.0. The summed E-state index contributed by atoms with van der Waals surface area (Å²) in [6.45, 7) is 1.81. The molecule has 3 saturated heterocycles. The van der Waals surface area contributed by atoms with Gasteiger partial charge in [0.2, 0.25) is 5.91 Å². The molecular weight excluding hydrogens is 1110 g/mol. The van der Waals surface area contributed by atoms with E-state index in [-0.39, 0.29) is 18.9 Å². The molecule has 3 rings (SSSR count). The first-order valence-corrected chi connectivity index (χ1v) is 34.6. The number of rotatable bonds is 53. The monoisotopic (exact) mass is 1230 g/mol. The van der Waals surface area contributed by atoms with Crippen LogP contribution in [0.3, 0.4) is 0 Å². The number of hydrogen-bond donors (Lipinski definition) is 12. The standard InChI is InChI=1S/C67H125NO18/c1-3-5-7-9-11-13-15-17-19-21-22-23-24-25-26-27-28-29-31-33-35-37-39-41-43-45-55(73)68-50(51(72)44-42-40-38-36-34-32-30-20-18-16-14-12-10-8-6-4-2)49-81-65-61(79)58(76)63(53(47-70)83-65)86-67-62(80)59(77)64(54(48-71)84-67)85-66-60(78)57(75)56(74)52(46-69)82-66/h15,17,21-22,50-54,56-67,69-72,74-80H,3-14,16,18-20,23-49H2,1-2H3,(H,68,73)/b17-15-,22-21-. The van der Waals surface area contributed by atoms with Gasteiger partial charge >= 0.3 is 0 Å².